The number of hydrogen-bond acceptors (Lipinski definition) is 5. The van der Waals surface area contributed by atoms with Crippen LogP contribution in [0.4, 0.5) is 4.79 Å². The van der Waals surface area contributed by atoms with Gasteiger partial charge in [0, 0.05) is 30.2 Å². The van der Waals surface area contributed by atoms with Crippen LogP contribution in [0, 0.1) is 0 Å². The Balaban J connectivity index is 1.84. The van der Waals surface area contributed by atoms with Crippen molar-refractivity contribution in [2.45, 2.75) is 32.5 Å². The van der Waals surface area contributed by atoms with E-state index >= 15 is 0 Å². The van der Waals surface area contributed by atoms with Crippen molar-refractivity contribution in [3.63, 3.8) is 0 Å². The smallest absolute Gasteiger partial charge is 0.407 e. The number of methoxy groups -OCH3 is 1. The molecule has 1 N–H and O–H groups in total. The molecular weight excluding hydrogens is 404 g/mol. The maximum absolute atomic E-state index is 12.5. The van der Waals surface area contributed by atoms with Crippen molar-refractivity contribution in [3.05, 3.63) is 28.2 Å². The van der Waals surface area contributed by atoms with Gasteiger partial charge < -0.3 is 24.4 Å². The summed E-state index contributed by atoms with van der Waals surface area (Å²) < 4.78 is 16.7. The van der Waals surface area contributed by atoms with Crippen LogP contribution in [0.1, 0.15) is 31.1 Å². The second kappa shape index (κ2) is 8.73. The third-order valence-corrected chi connectivity index (χ3v) is 4.08. The molecule has 1 aromatic carbocycles. The van der Waals surface area contributed by atoms with E-state index in [4.69, 9.17) is 14.2 Å². The Hall–Kier alpha value is -1.80. The first-order chi connectivity index (χ1) is 12.2. The third kappa shape index (κ3) is 6.17. The number of rotatable bonds is 6. The summed E-state index contributed by atoms with van der Waals surface area (Å²) >= 11 is 3.40. The summed E-state index contributed by atoms with van der Waals surface area (Å²) in [5.74, 6) is 0.494. The molecule has 2 rings (SSSR count). The third-order valence-electron chi connectivity index (χ3n) is 3.63. The minimum atomic E-state index is -0.539. The predicted molar refractivity (Wildman–Crippen MR) is 101 cm³/mol. The number of carbonyl (C=O) groups excluding carboxylic acids is 2. The zero-order chi connectivity index (χ0) is 19.3. The van der Waals surface area contributed by atoms with Gasteiger partial charge in [-0.2, -0.15) is 0 Å². The Bertz CT molecular complexity index is 653. The molecule has 26 heavy (non-hydrogen) atoms. The maximum Gasteiger partial charge on any atom is 0.407 e. The van der Waals surface area contributed by atoms with Gasteiger partial charge in [0.1, 0.15) is 18.0 Å². The Morgan fingerprint density at radius 3 is 2.58 bits per heavy atom. The summed E-state index contributed by atoms with van der Waals surface area (Å²) in [6.45, 7) is 7.16. The highest BCUT2D eigenvalue weighted by molar-refractivity contribution is 9.10. The van der Waals surface area contributed by atoms with Crippen LogP contribution in [-0.2, 0) is 9.47 Å². The number of benzene rings is 1. The molecule has 1 fully saturated rings. The highest BCUT2D eigenvalue weighted by Crippen LogP contribution is 2.24. The highest BCUT2D eigenvalue weighted by Gasteiger charge is 2.31. The Labute approximate surface area is 162 Å². The van der Waals surface area contributed by atoms with Crippen molar-refractivity contribution < 1.29 is 23.8 Å². The van der Waals surface area contributed by atoms with Crippen LogP contribution in [0.5, 0.6) is 5.75 Å². The second-order valence-electron chi connectivity index (χ2n) is 7.02. The SMILES string of the molecule is COC1CN(C(=O)c2cc(Br)cc(OCCNC(=O)OC(C)(C)C)c2)C1. The number of ether oxygens (including phenoxy) is 3. The van der Waals surface area contributed by atoms with E-state index in [1.54, 1.807) is 51.0 Å². The zero-order valence-electron chi connectivity index (χ0n) is 15.5. The van der Waals surface area contributed by atoms with Gasteiger partial charge in [-0.15, -0.1) is 0 Å². The fourth-order valence-electron chi connectivity index (χ4n) is 2.34. The fourth-order valence-corrected chi connectivity index (χ4v) is 2.81. The minimum Gasteiger partial charge on any atom is -0.492 e. The van der Waals surface area contributed by atoms with Crippen molar-refractivity contribution in [1.29, 1.82) is 0 Å². The lowest BCUT2D eigenvalue weighted by Gasteiger charge is -2.38. The molecule has 7 nitrogen and oxygen atoms in total. The van der Waals surface area contributed by atoms with Gasteiger partial charge in [0.15, 0.2) is 0 Å². The van der Waals surface area contributed by atoms with E-state index in [0.717, 1.165) is 4.47 Å². The number of alkyl carbamates (subject to hydrolysis) is 1. The summed E-state index contributed by atoms with van der Waals surface area (Å²) in [5, 5.41) is 2.62. The maximum atomic E-state index is 12.5. The van der Waals surface area contributed by atoms with E-state index in [1.165, 1.54) is 0 Å². The van der Waals surface area contributed by atoms with E-state index in [9.17, 15) is 9.59 Å². The van der Waals surface area contributed by atoms with Gasteiger partial charge in [0.05, 0.1) is 12.6 Å². The number of carbonyl (C=O) groups is 2. The fraction of sp³-hybridized carbons (Fsp3) is 0.556. The highest BCUT2D eigenvalue weighted by atomic mass is 79.9. The first kappa shape index (κ1) is 20.5. The van der Waals surface area contributed by atoms with Gasteiger partial charge in [-0.1, -0.05) is 15.9 Å². The Morgan fingerprint density at radius 2 is 1.96 bits per heavy atom. The monoisotopic (exact) mass is 428 g/mol. The molecule has 0 spiro atoms. The first-order valence-electron chi connectivity index (χ1n) is 8.40. The molecule has 1 heterocycles. The molecule has 0 radical (unpaired) electrons. The molecule has 2 amide bonds. The second-order valence-corrected chi connectivity index (χ2v) is 7.94. The van der Waals surface area contributed by atoms with Crippen LogP contribution in [-0.4, -0.2) is 62.0 Å². The van der Waals surface area contributed by atoms with E-state index in [2.05, 4.69) is 21.2 Å². The van der Waals surface area contributed by atoms with Crippen molar-refractivity contribution in [2.24, 2.45) is 0 Å². The van der Waals surface area contributed by atoms with E-state index in [-0.39, 0.29) is 18.6 Å². The average Bonchev–Trinajstić information content (AvgIpc) is 2.48. The topological polar surface area (TPSA) is 77.1 Å². The summed E-state index contributed by atoms with van der Waals surface area (Å²) in [7, 11) is 1.64. The zero-order valence-corrected chi connectivity index (χ0v) is 17.1. The molecule has 0 aliphatic carbocycles. The Kier molecular flexibility index (Phi) is 6.88. The molecule has 0 saturated carbocycles. The van der Waals surface area contributed by atoms with Crippen molar-refractivity contribution in [1.82, 2.24) is 10.2 Å². The molecule has 0 atom stereocenters. The number of likely N-dealkylation sites (tertiary alicyclic amines) is 1. The molecule has 0 aromatic heterocycles. The standard InChI is InChI=1S/C18H25BrN2O5/c1-18(2,3)26-17(23)20-5-6-25-14-8-12(7-13(19)9-14)16(22)21-10-15(11-21)24-4/h7-9,15H,5-6,10-11H2,1-4H3,(H,20,23). The molecule has 0 bridgehead atoms. The lowest BCUT2D eigenvalue weighted by molar-refractivity contribution is -0.0192. The van der Waals surface area contributed by atoms with Crippen LogP contribution in [0.25, 0.3) is 0 Å². The molecule has 1 aliphatic heterocycles. The molecular formula is C18H25BrN2O5. The van der Waals surface area contributed by atoms with Gasteiger partial charge >= 0.3 is 6.09 Å². The first-order valence-corrected chi connectivity index (χ1v) is 9.19. The summed E-state index contributed by atoms with van der Waals surface area (Å²) in [5.41, 5.74) is 0.00689. The van der Waals surface area contributed by atoms with Crippen molar-refractivity contribution >= 4 is 27.9 Å². The molecule has 1 aromatic rings. The summed E-state index contributed by atoms with van der Waals surface area (Å²) in [6, 6.07) is 5.23. The van der Waals surface area contributed by atoms with Crippen LogP contribution < -0.4 is 10.1 Å². The average molecular weight is 429 g/mol. The van der Waals surface area contributed by atoms with Crippen molar-refractivity contribution in [3.8, 4) is 5.75 Å². The summed E-state index contributed by atoms with van der Waals surface area (Å²) in [4.78, 5) is 25.8. The van der Waals surface area contributed by atoms with Gasteiger partial charge in [-0.05, 0) is 39.0 Å². The number of amides is 2. The van der Waals surface area contributed by atoms with Crippen molar-refractivity contribution in [2.75, 3.05) is 33.4 Å². The normalized spacial score (nSPS) is 14.6. The molecule has 1 saturated heterocycles. The molecule has 8 heteroatoms. The predicted octanol–water partition coefficient (Wildman–Crippen LogP) is 2.82. The van der Waals surface area contributed by atoms with E-state index < -0.39 is 11.7 Å². The number of nitrogens with zero attached hydrogens (tertiary/aromatic N) is 1. The quantitative estimate of drug-likeness (QED) is 0.704. The van der Waals surface area contributed by atoms with Crippen LogP contribution in [0.15, 0.2) is 22.7 Å². The number of hydrogen-bond donors (Lipinski definition) is 1. The minimum absolute atomic E-state index is 0.0590. The summed E-state index contributed by atoms with van der Waals surface area (Å²) in [6.07, 6.45) is -0.377. The molecule has 144 valence electrons. The lowest BCUT2D eigenvalue weighted by Crippen LogP contribution is -2.54. The number of halogens is 1. The van der Waals surface area contributed by atoms with Gasteiger partial charge in [0.25, 0.3) is 5.91 Å². The largest absolute Gasteiger partial charge is 0.492 e. The molecule has 0 unspecified atom stereocenters. The van der Waals surface area contributed by atoms with E-state index in [1.807, 2.05) is 0 Å². The van der Waals surface area contributed by atoms with Gasteiger partial charge in [0.2, 0.25) is 0 Å². The Morgan fingerprint density at radius 1 is 1.27 bits per heavy atom. The molecule has 1 aliphatic rings. The van der Waals surface area contributed by atoms with Gasteiger partial charge in [-0.3, -0.25) is 4.79 Å². The van der Waals surface area contributed by atoms with Gasteiger partial charge in [-0.25, -0.2) is 4.79 Å². The lowest BCUT2D eigenvalue weighted by atomic mass is 10.1. The van der Waals surface area contributed by atoms with Crippen LogP contribution in [0.3, 0.4) is 0 Å². The number of nitrogens with one attached hydrogen (secondary N) is 1. The van der Waals surface area contributed by atoms with E-state index in [0.29, 0.717) is 30.9 Å². The van der Waals surface area contributed by atoms with Crippen LogP contribution >= 0.6 is 15.9 Å². The van der Waals surface area contributed by atoms with Crippen LogP contribution in [0.2, 0.25) is 0 Å².